The Bertz CT molecular complexity index is 3300. The van der Waals surface area contributed by atoms with Crippen LogP contribution in [0.25, 0.3) is 115 Å². The number of nitrogens with zero attached hydrogens (tertiary/aromatic N) is 2. The van der Waals surface area contributed by atoms with E-state index in [0.29, 0.717) is 0 Å². The van der Waals surface area contributed by atoms with Crippen LogP contribution < -0.4 is 0 Å². The van der Waals surface area contributed by atoms with Gasteiger partial charge in [-0.2, -0.15) is 0 Å². The molecule has 2 nitrogen and oxygen atoms in total. The van der Waals surface area contributed by atoms with E-state index in [1.54, 1.807) is 0 Å². The summed E-state index contributed by atoms with van der Waals surface area (Å²) < 4.78 is 2.36. The van der Waals surface area contributed by atoms with Gasteiger partial charge in [-0.25, -0.2) is 0 Å². The van der Waals surface area contributed by atoms with Crippen LogP contribution in [-0.4, -0.2) is 9.55 Å². The molecule has 2 heteroatoms. The quantitative estimate of drug-likeness (QED) is 0.178. The molecule has 0 saturated heterocycles. The standard InChI is InChI=1S/C54H34N2/c1-33-13-10-23-46-48(33)52-40-26-24-36(31-37(40)25-29-47(52)56(46)38-18-12-30-55-32-38)39-27-28-45-51-41(39)21-11-22-44(51)53-49(34-14-4-2-5-15-34)42-19-8-9-20-43(42)50(54(45)53)35-16-6-3-7-17-35/h2-32H,1H3. The van der Waals surface area contributed by atoms with Gasteiger partial charge in [-0.15, -0.1) is 0 Å². The van der Waals surface area contributed by atoms with Gasteiger partial charge >= 0.3 is 0 Å². The molecular formula is C54H34N2. The van der Waals surface area contributed by atoms with Crippen LogP contribution >= 0.6 is 0 Å². The summed E-state index contributed by atoms with van der Waals surface area (Å²) in [4.78, 5) is 4.47. The number of hydrogen-bond acceptors (Lipinski definition) is 1. The van der Waals surface area contributed by atoms with Crippen molar-refractivity contribution < 1.29 is 0 Å². The highest BCUT2D eigenvalue weighted by molar-refractivity contribution is 6.29. The summed E-state index contributed by atoms with van der Waals surface area (Å²) in [7, 11) is 0. The molecule has 0 bridgehead atoms. The van der Waals surface area contributed by atoms with Gasteiger partial charge < -0.3 is 4.57 Å². The van der Waals surface area contributed by atoms with Crippen molar-refractivity contribution in [2.45, 2.75) is 6.92 Å². The first kappa shape index (κ1) is 31.1. The van der Waals surface area contributed by atoms with Gasteiger partial charge in [0.25, 0.3) is 0 Å². The highest BCUT2D eigenvalue weighted by Crippen LogP contribution is 2.58. The van der Waals surface area contributed by atoms with Crippen LogP contribution in [0.3, 0.4) is 0 Å². The second kappa shape index (κ2) is 11.9. The third-order valence-electron chi connectivity index (χ3n) is 12.1. The van der Waals surface area contributed by atoms with Gasteiger partial charge in [0.1, 0.15) is 0 Å². The fourth-order valence-corrected chi connectivity index (χ4v) is 9.85. The maximum atomic E-state index is 4.47. The maximum Gasteiger partial charge on any atom is 0.0645 e. The number of benzene rings is 9. The van der Waals surface area contributed by atoms with Gasteiger partial charge in [-0.3, -0.25) is 4.98 Å². The Morgan fingerprint density at radius 1 is 0.393 bits per heavy atom. The van der Waals surface area contributed by atoms with Gasteiger partial charge in [-0.05, 0) is 131 Å². The van der Waals surface area contributed by atoms with E-state index in [9.17, 15) is 0 Å². The molecule has 9 aromatic carbocycles. The molecule has 1 aliphatic rings. The predicted molar refractivity (Wildman–Crippen MR) is 237 cm³/mol. The van der Waals surface area contributed by atoms with Crippen molar-refractivity contribution in [1.82, 2.24) is 9.55 Å². The van der Waals surface area contributed by atoms with Crippen molar-refractivity contribution in [2.24, 2.45) is 0 Å². The number of pyridine rings is 1. The second-order valence-electron chi connectivity index (χ2n) is 15.1. The van der Waals surface area contributed by atoms with Gasteiger partial charge in [0.2, 0.25) is 0 Å². The molecule has 56 heavy (non-hydrogen) atoms. The molecule has 11 aromatic rings. The smallest absolute Gasteiger partial charge is 0.0645 e. The van der Waals surface area contributed by atoms with Crippen LogP contribution in [0, 0.1) is 6.92 Å². The average molecular weight is 711 g/mol. The van der Waals surface area contributed by atoms with E-state index in [-0.39, 0.29) is 0 Å². The van der Waals surface area contributed by atoms with Crippen LogP contribution in [-0.2, 0) is 0 Å². The molecule has 0 fully saturated rings. The van der Waals surface area contributed by atoms with E-state index in [1.807, 2.05) is 18.5 Å². The number of rotatable bonds is 4. The predicted octanol–water partition coefficient (Wildman–Crippen LogP) is 14.6. The third-order valence-corrected chi connectivity index (χ3v) is 12.1. The highest BCUT2D eigenvalue weighted by Gasteiger charge is 2.31. The average Bonchev–Trinajstić information content (AvgIpc) is 3.78. The van der Waals surface area contributed by atoms with Gasteiger partial charge in [0, 0.05) is 17.0 Å². The molecule has 0 aliphatic heterocycles. The summed E-state index contributed by atoms with van der Waals surface area (Å²) in [5.74, 6) is 0. The van der Waals surface area contributed by atoms with Gasteiger partial charge in [0.05, 0.1) is 22.9 Å². The van der Waals surface area contributed by atoms with E-state index in [2.05, 4.69) is 186 Å². The first-order valence-corrected chi connectivity index (χ1v) is 19.4. The SMILES string of the molecule is Cc1cccc2c1c1c3ccc(-c4ccc5c6c(cccc46)-c4c-5c(-c5ccccc5)c5ccccc5c4-c4ccccc4)cc3ccc1n2-c1cccnc1. The zero-order valence-electron chi connectivity index (χ0n) is 30.8. The van der Waals surface area contributed by atoms with Crippen LogP contribution in [0.2, 0.25) is 0 Å². The zero-order chi connectivity index (χ0) is 36.9. The zero-order valence-corrected chi connectivity index (χ0v) is 30.8. The lowest BCUT2D eigenvalue weighted by Crippen LogP contribution is -1.94. The van der Waals surface area contributed by atoms with E-state index >= 15 is 0 Å². The summed E-state index contributed by atoms with van der Waals surface area (Å²) in [6.45, 7) is 2.22. The van der Waals surface area contributed by atoms with E-state index in [1.165, 1.54) is 115 Å². The number of hydrogen-bond donors (Lipinski definition) is 0. The highest BCUT2D eigenvalue weighted by atomic mass is 15.0. The van der Waals surface area contributed by atoms with Crippen LogP contribution in [0.4, 0.5) is 0 Å². The molecule has 0 saturated carbocycles. The van der Waals surface area contributed by atoms with E-state index in [4.69, 9.17) is 0 Å². The lowest BCUT2D eigenvalue weighted by atomic mass is 9.82. The Morgan fingerprint density at radius 3 is 1.75 bits per heavy atom. The van der Waals surface area contributed by atoms with Crippen molar-refractivity contribution in [3.8, 4) is 61.3 Å². The molecule has 0 N–H and O–H groups in total. The molecule has 12 rings (SSSR count). The minimum atomic E-state index is 1.07. The van der Waals surface area contributed by atoms with Gasteiger partial charge in [0.15, 0.2) is 0 Å². The molecule has 0 radical (unpaired) electrons. The topological polar surface area (TPSA) is 17.8 Å². The Labute approximate surface area is 324 Å². The van der Waals surface area contributed by atoms with Crippen molar-refractivity contribution >= 4 is 54.1 Å². The van der Waals surface area contributed by atoms with Crippen LogP contribution in [0.1, 0.15) is 5.56 Å². The van der Waals surface area contributed by atoms with Gasteiger partial charge in [-0.1, -0.05) is 146 Å². The van der Waals surface area contributed by atoms with Crippen LogP contribution in [0.15, 0.2) is 188 Å². The molecule has 2 heterocycles. The molecule has 260 valence electrons. The first-order valence-electron chi connectivity index (χ1n) is 19.4. The number of aromatic nitrogens is 2. The van der Waals surface area contributed by atoms with Crippen molar-refractivity contribution in [1.29, 1.82) is 0 Å². The van der Waals surface area contributed by atoms with Crippen molar-refractivity contribution in [2.75, 3.05) is 0 Å². The number of aryl methyl sites for hydroxylation is 1. The Kier molecular flexibility index (Phi) is 6.58. The molecule has 0 amide bonds. The summed E-state index contributed by atoms with van der Waals surface area (Å²) in [6, 6.07) is 65.0. The lowest BCUT2D eigenvalue weighted by molar-refractivity contribution is 1.14. The fourth-order valence-electron chi connectivity index (χ4n) is 9.85. The molecule has 1 aliphatic carbocycles. The monoisotopic (exact) mass is 710 g/mol. The second-order valence-corrected chi connectivity index (χ2v) is 15.1. The molecule has 2 aromatic heterocycles. The summed E-state index contributed by atoms with van der Waals surface area (Å²) >= 11 is 0. The molecule has 0 atom stereocenters. The van der Waals surface area contributed by atoms with Crippen molar-refractivity contribution in [3.63, 3.8) is 0 Å². The largest absolute Gasteiger partial charge is 0.308 e. The Morgan fingerprint density at radius 2 is 1.04 bits per heavy atom. The normalized spacial score (nSPS) is 12.0. The summed E-state index contributed by atoms with van der Waals surface area (Å²) in [5.41, 5.74) is 17.6. The first-order chi connectivity index (χ1) is 27.7. The summed E-state index contributed by atoms with van der Waals surface area (Å²) in [5, 5.41) is 10.2. The minimum absolute atomic E-state index is 1.07. The number of fused-ring (bicyclic) bond motifs is 9. The molecule has 0 spiro atoms. The summed E-state index contributed by atoms with van der Waals surface area (Å²) in [6.07, 6.45) is 3.79. The fraction of sp³-hybridized carbons (Fsp3) is 0.0185. The third kappa shape index (κ3) is 4.30. The van der Waals surface area contributed by atoms with Crippen molar-refractivity contribution in [3.05, 3.63) is 194 Å². The van der Waals surface area contributed by atoms with E-state index in [0.717, 1.165) is 5.69 Å². The molecular weight excluding hydrogens is 677 g/mol. The lowest BCUT2D eigenvalue weighted by Gasteiger charge is -2.20. The Balaban J connectivity index is 1.12. The maximum absolute atomic E-state index is 4.47. The van der Waals surface area contributed by atoms with Crippen LogP contribution in [0.5, 0.6) is 0 Å². The molecule has 0 unspecified atom stereocenters. The van der Waals surface area contributed by atoms with E-state index < -0.39 is 0 Å². The Hall–Kier alpha value is -7.29. The minimum Gasteiger partial charge on any atom is -0.308 e.